The minimum atomic E-state index is -0.920. The van der Waals surface area contributed by atoms with Crippen LogP contribution in [0.25, 0.3) is 0 Å². The Morgan fingerprint density at radius 2 is 1.36 bits per heavy atom. The monoisotopic (exact) mass is 523 g/mol. The largest absolute Gasteiger partial charge is 0.480 e. The SMILES string of the molecule is CCC(=S)Nc1ccc(CN(CCN2CCN(CC(=O)O)CCN(CC(=O)O)CC2)CC(=O)O)cc1. The highest BCUT2D eigenvalue weighted by Gasteiger charge is 2.20. The molecule has 0 aromatic heterocycles. The van der Waals surface area contributed by atoms with Crippen molar-refractivity contribution in [3.8, 4) is 0 Å². The van der Waals surface area contributed by atoms with Gasteiger partial charge in [-0.3, -0.25) is 34.0 Å². The summed E-state index contributed by atoms with van der Waals surface area (Å²) in [7, 11) is 0. The zero-order valence-corrected chi connectivity index (χ0v) is 21.6. The molecule has 36 heavy (non-hydrogen) atoms. The van der Waals surface area contributed by atoms with Gasteiger partial charge in [0.1, 0.15) is 0 Å². The predicted octanol–water partition coefficient (Wildman–Crippen LogP) is 0.811. The van der Waals surface area contributed by atoms with Gasteiger partial charge in [0.15, 0.2) is 0 Å². The van der Waals surface area contributed by atoms with Crippen molar-refractivity contribution in [2.24, 2.45) is 0 Å². The molecule has 0 bridgehead atoms. The van der Waals surface area contributed by atoms with Gasteiger partial charge < -0.3 is 20.6 Å². The van der Waals surface area contributed by atoms with E-state index in [1.807, 2.05) is 45.9 Å². The van der Waals surface area contributed by atoms with Crippen LogP contribution in [-0.2, 0) is 20.9 Å². The Balaban J connectivity index is 2.01. The number of rotatable bonds is 13. The third-order valence-electron chi connectivity index (χ3n) is 5.97. The van der Waals surface area contributed by atoms with E-state index >= 15 is 0 Å². The average molecular weight is 524 g/mol. The molecular formula is C24H37N5O6S. The Morgan fingerprint density at radius 1 is 0.861 bits per heavy atom. The van der Waals surface area contributed by atoms with E-state index in [9.17, 15) is 29.7 Å². The van der Waals surface area contributed by atoms with Crippen LogP contribution in [0, 0.1) is 0 Å². The summed E-state index contributed by atoms with van der Waals surface area (Å²) in [6.45, 7) is 6.50. The molecule has 200 valence electrons. The summed E-state index contributed by atoms with van der Waals surface area (Å²) in [5.74, 6) is -2.75. The van der Waals surface area contributed by atoms with E-state index < -0.39 is 17.9 Å². The van der Waals surface area contributed by atoms with Gasteiger partial charge in [0.2, 0.25) is 0 Å². The van der Waals surface area contributed by atoms with E-state index in [1.54, 1.807) is 0 Å². The predicted molar refractivity (Wildman–Crippen MR) is 140 cm³/mol. The van der Waals surface area contributed by atoms with Gasteiger partial charge in [0, 0.05) is 64.6 Å². The second-order valence-electron chi connectivity index (χ2n) is 8.88. The Morgan fingerprint density at radius 3 is 1.81 bits per heavy atom. The van der Waals surface area contributed by atoms with Crippen molar-refractivity contribution in [2.75, 3.05) is 77.3 Å². The topological polar surface area (TPSA) is 137 Å². The van der Waals surface area contributed by atoms with Gasteiger partial charge in [-0.2, -0.15) is 0 Å². The number of nitrogens with zero attached hydrogens (tertiary/aromatic N) is 4. The molecule has 1 aromatic carbocycles. The van der Waals surface area contributed by atoms with Crippen LogP contribution in [0.1, 0.15) is 18.9 Å². The van der Waals surface area contributed by atoms with Crippen molar-refractivity contribution < 1.29 is 29.7 Å². The molecule has 0 saturated carbocycles. The van der Waals surface area contributed by atoms with E-state index in [1.165, 1.54) is 0 Å². The van der Waals surface area contributed by atoms with E-state index in [0.29, 0.717) is 58.9 Å². The number of nitrogens with one attached hydrogen (secondary N) is 1. The van der Waals surface area contributed by atoms with Crippen molar-refractivity contribution in [3.63, 3.8) is 0 Å². The third-order valence-corrected chi connectivity index (χ3v) is 6.36. The van der Waals surface area contributed by atoms with Crippen molar-refractivity contribution in [2.45, 2.75) is 19.9 Å². The molecule has 1 aliphatic rings. The first kappa shape index (κ1) is 29.6. The molecule has 4 N–H and O–H groups in total. The number of carbonyl (C=O) groups is 3. The summed E-state index contributed by atoms with van der Waals surface area (Å²) in [4.78, 5) is 42.3. The highest BCUT2D eigenvalue weighted by Crippen LogP contribution is 2.13. The van der Waals surface area contributed by atoms with Crippen molar-refractivity contribution in [1.82, 2.24) is 19.6 Å². The number of carboxylic acids is 3. The van der Waals surface area contributed by atoms with Crippen LogP contribution in [0.3, 0.4) is 0 Å². The summed E-state index contributed by atoms with van der Waals surface area (Å²) < 4.78 is 0. The van der Waals surface area contributed by atoms with E-state index in [4.69, 9.17) is 12.2 Å². The zero-order valence-electron chi connectivity index (χ0n) is 20.8. The molecule has 1 saturated heterocycles. The molecule has 0 spiro atoms. The summed E-state index contributed by atoms with van der Waals surface area (Å²) >= 11 is 5.21. The van der Waals surface area contributed by atoms with Gasteiger partial charge in [0.05, 0.1) is 24.6 Å². The van der Waals surface area contributed by atoms with Gasteiger partial charge in [0.25, 0.3) is 0 Å². The summed E-state index contributed by atoms with van der Waals surface area (Å²) in [6, 6.07) is 7.74. The van der Waals surface area contributed by atoms with Crippen LogP contribution in [0.15, 0.2) is 24.3 Å². The standard InChI is InChI=1S/C24H37N5O6S/c1-2-21(36)25-20-5-3-19(4-6-20)15-29(18-24(34)35)14-9-26-7-10-27(16-22(30)31)12-13-28(11-8-26)17-23(32)33/h3-6H,2,7-18H2,1H3,(H,25,36)(H,30,31)(H,32,33)(H,34,35). The Kier molecular flexibility index (Phi) is 12.7. The lowest BCUT2D eigenvalue weighted by atomic mass is 10.2. The maximum Gasteiger partial charge on any atom is 0.317 e. The van der Waals surface area contributed by atoms with Gasteiger partial charge in [-0.15, -0.1) is 0 Å². The number of benzene rings is 1. The fourth-order valence-corrected chi connectivity index (χ4v) is 4.11. The van der Waals surface area contributed by atoms with E-state index in [2.05, 4.69) is 10.2 Å². The number of hydrogen-bond acceptors (Lipinski definition) is 8. The van der Waals surface area contributed by atoms with Gasteiger partial charge in [-0.1, -0.05) is 31.3 Å². The highest BCUT2D eigenvalue weighted by atomic mass is 32.1. The summed E-state index contributed by atoms with van der Waals surface area (Å²) in [5, 5.41) is 31.0. The minimum Gasteiger partial charge on any atom is -0.480 e. The van der Waals surface area contributed by atoms with Crippen LogP contribution in [-0.4, -0.2) is 130 Å². The smallest absolute Gasteiger partial charge is 0.317 e. The molecule has 0 unspecified atom stereocenters. The molecule has 1 aliphatic heterocycles. The average Bonchev–Trinajstić information content (AvgIpc) is 2.89. The Labute approximate surface area is 217 Å². The maximum atomic E-state index is 11.5. The molecule has 2 rings (SSSR count). The van der Waals surface area contributed by atoms with Gasteiger partial charge in [-0.05, 0) is 24.1 Å². The second-order valence-corrected chi connectivity index (χ2v) is 9.38. The van der Waals surface area contributed by atoms with Crippen molar-refractivity contribution in [1.29, 1.82) is 0 Å². The lowest BCUT2D eigenvalue weighted by molar-refractivity contribution is -0.140. The number of hydrogen-bond donors (Lipinski definition) is 4. The van der Waals surface area contributed by atoms with Crippen LogP contribution in [0.5, 0.6) is 0 Å². The molecule has 11 nitrogen and oxygen atoms in total. The molecule has 1 heterocycles. The zero-order chi connectivity index (χ0) is 26.5. The molecule has 1 fully saturated rings. The molecule has 0 radical (unpaired) electrons. The summed E-state index contributed by atoms with van der Waals surface area (Å²) in [5.41, 5.74) is 1.87. The number of thiocarbonyl (C=S) groups is 1. The first-order valence-corrected chi connectivity index (χ1v) is 12.5. The third kappa shape index (κ3) is 11.9. The fourth-order valence-electron chi connectivity index (χ4n) is 4.00. The van der Waals surface area contributed by atoms with E-state index in [-0.39, 0.29) is 19.6 Å². The van der Waals surface area contributed by atoms with Crippen LogP contribution < -0.4 is 5.32 Å². The second kappa shape index (κ2) is 15.5. The van der Waals surface area contributed by atoms with Gasteiger partial charge in [-0.25, -0.2) is 0 Å². The van der Waals surface area contributed by atoms with Crippen LogP contribution in [0.2, 0.25) is 0 Å². The maximum absolute atomic E-state index is 11.5. The number of aliphatic carboxylic acids is 3. The number of anilines is 1. The molecule has 1 aromatic rings. The Bertz CT molecular complexity index is 856. The summed E-state index contributed by atoms with van der Waals surface area (Å²) in [6.07, 6.45) is 0.752. The lowest BCUT2D eigenvalue weighted by Gasteiger charge is -2.28. The minimum absolute atomic E-state index is 0.103. The Hall–Kier alpha value is -2.64. The first-order chi connectivity index (χ1) is 17.1. The van der Waals surface area contributed by atoms with Crippen LogP contribution in [0.4, 0.5) is 5.69 Å². The normalized spacial score (nSPS) is 16.2. The fraction of sp³-hybridized carbons (Fsp3) is 0.583. The highest BCUT2D eigenvalue weighted by molar-refractivity contribution is 7.80. The quantitative estimate of drug-likeness (QED) is 0.272. The molecule has 12 heteroatoms. The number of carboxylic acid groups (broad SMARTS) is 3. The van der Waals surface area contributed by atoms with Crippen LogP contribution >= 0.6 is 12.2 Å². The molecule has 0 aliphatic carbocycles. The molecule has 0 atom stereocenters. The first-order valence-electron chi connectivity index (χ1n) is 12.1. The molecular weight excluding hydrogens is 486 g/mol. The van der Waals surface area contributed by atoms with E-state index in [0.717, 1.165) is 22.7 Å². The van der Waals surface area contributed by atoms with Crippen molar-refractivity contribution in [3.05, 3.63) is 29.8 Å². The van der Waals surface area contributed by atoms with Gasteiger partial charge >= 0.3 is 17.9 Å². The molecule has 0 amide bonds. The van der Waals surface area contributed by atoms with Crippen molar-refractivity contribution >= 4 is 40.8 Å². The lowest BCUT2D eigenvalue weighted by Crippen LogP contribution is -2.42.